The molecule has 0 saturated carbocycles. The van der Waals surface area contributed by atoms with Crippen LogP contribution in [0.4, 0.5) is 11.4 Å². The van der Waals surface area contributed by atoms with Gasteiger partial charge in [-0.25, -0.2) is 0 Å². The third-order valence-corrected chi connectivity index (χ3v) is 4.96. The Bertz CT molecular complexity index is 909. The van der Waals surface area contributed by atoms with Gasteiger partial charge < -0.3 is 19.7 Å². The van der Waals surface area contributed by atoms with E-state index in [-0.39, 0.29) is 24.2 Å². The van der Waals surface area contributed by atoms with Crippen molar-refractivity contribution in [3.05, 3.63) is 47.5 Å². The number of ether oxygens (including phenoxy) is 2. The zero-order valence-corrected chi connectivity index (χ0v) is 15.5. The molecule has 2 aromatic rings. The van der Waals surface area contributed by atoms with Crippen LogP contribution in [-0.2, 0) is 9.59 Å². The lowest BCUT2D eigenvalue weighted by molar-refractivity contribution is -0.122. The van der Waals surface area contributed by atoms with E-state index in [9.17, 15) is 9.59 Å². The van der Waals surface area contributed by atoms with Gasteiger partial charge in [0.25, 0.3) is 0 Å². The number of anilines is 2. The van der Waals surface area contributed by atoms with Gasteiger partial charge >= 0.3 is 0 Å². The molecule has 0 spiro atoms. The normalized spacial score (nSPS) is 18.5. The maximum atomic E-state index is 12.7. The van der Waals surface area contributed by atoms with Gasteiger partial charge in [0.1, 0.15) is 13.2 Å². The first-order valence-electron chi connectivity index (χ1n) is 9.09. The van der Waals surface area contributed by atoms with E-state index in [0.717, 1.165) is 16.8 Å². The number of carbonyl (C=O) groups is 2. The second-order valence-electron chi connectivity index (χ2n) is 7.04. The molecule has 0 radical (unpaired) electrons. The zero-order chi connectivity index (χ0) is 19.0. The first-order chi connectivity index (χ1) is 13.0. The predicted octanol–water partition coefficient (Wildman–Crippen LogP) is 3.07. The number of nitrogens with one attached hydrogen (secondary N) is 1. The Morgan fingerprint density at radius 2 is 1.85 bits per heavy atom. The molecule has 27 heavy (non-hydrogen) atoms. The van der Waals surface area contributed by atoms with E-state index in [1.165, 1.54) is 0 Å². The fourth-order valence-electron chi connectivity index (χ4n) is 3.49. The molecule has 1 atom stereocenters. The fraction of sp³-hybridized carbons (Fsp3) is 0.333. The van der Waals surface area contributed by atoms with Gasteiger partial charge in [-0.05, 0) is 43.2 Å². The summed E-state index contributed by atoms with van der Waals surface area (Å²) in [5.41, 5.74) is 3.64. The minimum Gasteiger partial charge on any atom is -0.486 e. The van der Waals surface area contributed by atoms with Crippen molar-refractivity contribution in [3.8, 4) is 11.5 Å². The Labute approximate surface area is 158 Å². The van der Waals surface area contributed by atoms with E-state index in [1.807, 2.05) is 32.0 Å². The number of rotatable bonds is 3. The van der Waals surface area contributed by atoms with Crippen LogP contribution in [-0.4, -0.2) is 31.6 Å². The highest BCUT2D eigenvalue weighted by Gasteiger charge is 2.35. The number of hydrogen-bond acceptors (Lipinski definition) is 4. The minimum atomic E-state index is -0.384. The van der Waals surface area contributed by atoms with Crippen molar-refractivity contribution in [2.24, 2.45) is 5.92 Å². The number of amides is 2. The summed E-state index contributed by atoms with van der Waals surface area (Å²) in [6.07, 6.45) is 0.212. The Morgan fingerprint density at radius 3 is 2.67 bits per heavy atom. The summed E-state index contributed by atoms with van der Waals surface area (Å²) in [6, 6.07) is 11.3. The first kappa shape index (κ1) is 17.4. The molecule has 6 heteroatoms. The van der Waals surface area contributed by atoms with Crippen LogP contribution in [0, 0.1) is 19.8 Å². The van der Waals surface area contributed by atoms with Crippen molar-refractivity contribution < 1.29 is 19.1 Å². The summed E-state index contributed by atoms with van der Waals surface area (Å²) < 4.78 is 11.0. The van der Waals surface area contributed by atoms with E-state index in [4.69, 9.17) is 9.47 Å². The van der Waals surface area contributed by atoms with Crippen LogP contribution in [0.25, 0.3) is 0 Å². The number of benzene rings is 2. The summed E-state index contributed by atoms with van der Waals surface area (Å²) in [5.74, 6) is 0.736. The smallest absolute Gasteiger partial charge is 0.229 e. The maximum Gasteiger partial charge on any atom is 0.229 e. The Kier molecular flexibility index (Phi) is 4.48. The molecule has 0 aliphatic carbocycles. The monoisotopic (exact) mass is 366 g/mol. The molecule has 140 valence electrons. The van der Waals surface area contributed by atoms with E-state index < -0.39 is 0 Å². The molecule has 2 aliphatic rings. The minimum absolute atomic E-state index is 0.0222. The van der Waals surface area contributed by atoms with Gasteiger partial charge in [-0.15, -0.1) is 0 Å². The second kappa shape index (κ2) is 6.95. The van der Waals surface area contributed by atoms with Crippen molar-refractivity contribution >= 4 is 23.2 Å². The van der Waals surface area contributed by atoms with E-state index in [2.05, 4.69) is 5.32 Å². The topological polar surface area (TPSA) is 67.9 Å². The third-order valence-electron chi connectivity index (χ3n) is 4.96. The standard InChI is InChI=1S/C21H22N2O4/c1-13-3-4-14(2)17(9-13)23-12-15(10-20(23)24)21(25)22-16-5-6-18-19(11-16)27-8-7-26-18/h3-6,9,11,15H,7-8,10,12H2,1-2H3,(H,22,25). The lowest BCUT2D eigenvalue weighted by Crippen LogP contribution is -2.28. The highest BCUT2D eigenvalue weighted by Crippen LogP contribution is 2.33. The maximum absolute atomic E-state index is 12.7. The second-order valence-corrected chi connectivity index (χ2v) is 7.04. The first-order valence-corrected chi connectivity index (χ1v) is 9.09. The van der Waals surface area contributed by atoms with Crippen molar-refractivity contribution in [1.29, 1.82) is 0 Å². The van der Waals surface area contributed by atoms with E-state index in [0.29, 0.717) is 36.9 Å². The summed E-state index contributed by atoms with van der Waals surface area (Å²) in [6.45, 7) is 5.38. The van der Waals surface area contributed by atoms with Gasteiger partial charge in [0.15, 0.2) is 11.5 Å². The molecular weight excluding hydrogens is 344 g/mol. The van der Waals surface area contributed by atoms with Crippen LogP contribution in [0.2, 0.25) is 0 Å². The highest BCUT2D eigenvalue weighted by atomic mass is 16.6. The lowest BCUT2D eigenvalue weighted by atomic mass is 10.1. The fourth-order valence-corrected chi connectivity index (χ4v) is 3.49. The largest absolute Gasteiger partial charge is 0.486 e. The molecule has 2 heterocycles. The molecule has 2 aromatic carbocycles. The van der Waals surface area contributed by atoms with Crippen molar-refractivity contribution in [1.82, 2.24) is 0 Å². The molecule has 1 saturated heterocycles. The third kappa shape index (κ3) is 3.47. The number of fused-ring (bicyclic) bond motifs is 1. The van der Waals surface area contributed by atoms with Crippen LogP contribution >= 0.6 is 0 Å². The summed E-state index contributed by atoms with van der Waals surface area (Å²) in [7, 11) is 0. The molecule has 6 nitrogen and oxygen atoms in total. The van der Waals surface area contributed by atoms with Crippen LogP contribution in [0.1, 0.15) is 17.5 Å². The average Bonchev–Trinajstić information content (AvgIpc) is 3.05. The number of hydrogen-bond donors (Lipinski definition) is 1. The Morgan fingerprint density at radius 1 is 1.07 bits per heavy atom. The Balaban J connectivity index is 1.47. The summed E-state index contributed by atoms with van der Waals surface area (Å²) in [5, 5.41) is 2.90. The van der Waals surface area contributed by atoms with E-state index >= 15 is 0 Å². The number of carbonyl (C=O) groups excluding carboxylic acids is 2. The van der Waals surface area contributed by atoms with Gasteiger partial charge in [0, 0.05) is 30.4 Å². The predicted molar refractivity (Wildman–Crippen MR) is 102 cm³/mol. The van der Waals surface area contributed by atoms with Crippen molar-refractivity contribution in [2.75, 3.05) is 30.0 Å². The molecule has 2 aliphatic heterocycles. The van der Waals surface area contributed by atoms with Gasteiger partial charge in [0.2, 0.25) is 11.8 Å². The molecule has 1 fully saturated rings. The SMILES string of the molecule is Cc1ccc(C)c(N2CC(C(=O)Nc3ccc4c(c3)OCCO4)CC2=O)c1. The van der Waals surface area contributed by atoms with Crippen molar-refractivity contribution in [2.45, 2.75) is 20.3 Å². The molecule has 0 bridgehead atoms. The van der Waals surface area contributed by atoms with Gasteiger partial charge in [0.05, 0.1) is 5.92 Å². The summed E-state index contributed by atoms with van der Waals surface area (Å²) >= 11 is 0. The number of nitrogens with zero attached hydrogens (tertiary/aromatic N) is 1. The number of aryl methyl sites for hydroxylation is 2. The van der Waals surface area contributed by atoms with Crippen molar-refractivity contribution in [3.63, 3.8) is 0 Å². The van der Waals surface area contributed by atoms with Gasteiger partial charge in [-0.3, -0.25) is 9.59 Å². The molecule has 1 N–H and O–H groups in total. The van der Waals surface area contributed by atoms with E-state index in [1.54, 1.807) is 23.1 Å². The van der Waals surface area contributed by atoms with Crippen LogP contribution in [0.3, 0.4) is 0 Å². The van der Waals surface area contributed by atoms with Crippen LogP contribution in [0.15, 0.2) is 36.4 Å². The molecule has 0 aromatic heterocycles. The molecular formula is C21H22N2O4. The lowest BCUT2D eigenvalue weighted by Gasteiger charge is -2.20. The van der Waals surface area contributed by atoms with Crippen LogP contribution in [0.5, 0.6) is 11.5 Å². The summed E-state index contributed by atoms with van der Waals surface area (Å²) in [4.78, 5) is 26.9. The molecule has 2 amide bonds. The Hall–Kier alpha value is -3.02. The van der Waals surface area contributed by atoms with Gasteiger partial charge in [-0.1, -0.05) is 12.1 Å². The molecule has 4 rings (SSSR count). The highest BCUT2D eigenvalue weighted by molar-refractivity contribution is 6.04. The van der Waals surface area contributed by atoms with Gasteiger partial charge in [-0.2, -0.15) is 0 Å². The quantitative estimate of drug-likeness (QED) is 0.907. The molecule has 1 unspecified atom stereocenters. The average molecular weight is 366 g/mol. The van der Waals surface area contributed by atoms with Crippen LogP contribution < -0.4 is 19.7 Å². The zero-order valence-electron chi connectivity index (χ0n) is 15.5.